The van der Waals surface area contributed by atoms with Crippen molar-refractivity contribution in [2.75, 3.05) is 0 Å². The van der Waals surface area contributed by atoms with Gasteiger partial charge in [0.1, 0.15) is 0 Å². The summed E-state index contributed by atoms with van der Waals surface area (Å²) in [7, 11) is 0. The summed E-state index contributed by atoms with van der Waals surface area (Å²) in [6.45, 7) is 4.09. The average Bonchev–Trinajstić information content (AvgIpc) is 2.37. The molecule has 1 aromatic rings. The molecule has 0 saturated heterocycles. The van der Waals surface area contributed by atoms with E-state index in [1.807, 2.05) is 19.2 Å². The van der Waals surface area contributed by atoms with Crippen molar-refractivity contribution >= 4 is 22.5 Å². The van der Waals surface area contributed by atoms with Gasteiger partial charge in [-0.1, -0.05) is 13.8 Å². The number of aliphatic imine (C=N–C) groups is 1. The van der Waals surface area contributed by atoms with Gasteiger partial charge in [-0.15, -0.1) is 16.3 Å². The van der Waals surface area contributed by atoms with Gasteiger partial charge < -0.3 is 0 Å². The van der Waals surface area contributed by atoms with Crippen LogP contribution in [0, 0.1) is 0 Å². The maximum absolute atomic E-state index is 9.83. The lowest BCUT2D eigenvalue weighted by Crippen LogP contribution is -1.84. The van der Waals surface area contributed by atoms with Crippen molar-refractivity contribution in [1.82, 2.24) is 4.98 Å². The van der Waals surface area contributed by atoms with Gasteiger partial charge >= 0.3 is 0 Å². The number of rotatable bonds is 2. The lowest BCUT2D eigenvalue weighted by Gasteiger charge is -1.94. The number of aromatic nitrogens is 1. The van der Waals surface area contributed by atoms with Gasteiger partial charge in [0.2, 0.25) is 11.2 Å². The summed E-state index contributed by atoms with van der Waals surface area (Å²) in [5, 5.41) is 2.39. The first-order valence-corrected chi connectivity index (χ1v) is 4.15. The van der Waals surface area contributed by atoms with Crippen molar-refractivity contribution < 1.29 is 4.79 Å². The highest BCUT2D eigenvalue weighted by Crippen LogP contribution is 2.22. The van der Waals surface area contributed by atoms with Gasteiger partial charge in [-0.05, 0) is 5.92 Å². The molecule has 0 fully saturated rings. The molecule has 0 aromatic carbocycles. The minimum absolute atomic E-state index is 0.391. The lowest BCUT2D eigenvalue weighted by molar-refractivity contribution is 0.565. The average molecular weight is 168 g/mol. The zero-order chi connectivity index (χ0) is 8.27. The van der Waals surface area contributed by atoms with E-state index in [4.69, 9.17) is 0 Å². The van der Waals surface area contributed by atoms with Crippen LogP contribution in [-0.4, -0.2) is 11.1 Å². The van der Waals surface area contributed by atoms with Crippen LogP contribution in [0.2, 0.25) is 0 Å². The van der Waals surface area contributed by atoms with Crippen LogP contribution in [0.1, 0.15) is 25.5 Å². The lowest BCUT2D eigenvalue weighted by atomic mass is 10.2. The standard InChI is InChI=1S/C7H8N2OS/c1-5(2)6-3-11-7(9-6)8-4-10/h3,5H,1-2H3. The second-order valence-electron chi connectivity index (χ2n) is 2.41. The highest BCUT2D eigenvalue weighted by molar-refractivity contribution is 7.13. The highest BCUT2D eigenvalue weighted by atomic mass is 32.1. The van der Waals surface area contributed by atoms with E-state index in [9.17, 15) is 4.79 Å². The Hall–Kier alpha value is -0.990. The number of carbonyl (C=O) groups excluding carboxylic acids is 1. The highest BCUT2D eigenvalue weighted by Gasteiger charge is 2.03. The molecular formula is C7H8N2OS. The van der Waals surface area contributed by atoms with Gasteiger partial charge in [0.05, 0.1) is 5.69 Å². The Labute approximate surface area is 68.8 Å². The van der Waals surface area contributed by atoms with Gasteiger partial charge in [-0.3, -0.25) is 0 Å². The van der Waals surface area contributed by atoms with Gasteiger partial charge in [-0.2, -0.15) is 0 Å². The van der Waals surface area contributed by atoms with Crippen molar-refractivity contribution in [2.45, 2.75) is 19.8 Å². The first kappa shape index (κ1) is 8.11. The normalized spacial score (nSPS) is 9.73. The third kappa shape index (κ3) is 1.97. The van der Waals surface area contributed by atoms with E-state index in [2.05, 4.69) is 9.98 Å². The summed E-state index contributed by atoms with van der Waals surface area (Å²) < 4.78 is 0. The minimum atomic E-state index is 0.391. The topological polar surface area (TPSA) is 42.3 Å². The molecule has 1 rings (SSSR count). The van der Waals surface area contributed by atoms with E-state index in [0.29, 0.717) is 11.0 Å². The van der Waals surface area contributed by atoms with Crippen LogP contribution < -0.4 is 0 Å². The smallest absolute Gasteiger partial charge is 0.223 e. The van der Waals surface area contributed by atoms with E-state index in [1.54, 1.807) is 0 Å². The molecule has 1 heterocycles. The number of hydrogen-bond acceptors (Lipinski definition) is 4. The van der Waals surface area contributed by atoms with E-state index in [1.165, 1.54) is 17.4 Å². The van der Waals surface area contributed by atoms with Crippen LogP contribution >= 0.6 is 11.3 Å². The number of nitrogens with zero attached hydrogens (tertiary/aromatic N) is 2. The van der Waals surface area contributed by atoms with Crippen molar-refractivity contribution in [3.05, 3.63) is 11.1 Å². The molecule has 0 unspecified atom stereocenters. The Morgan fingerprint density at radius 3 is 2.91 bits per heavy atom. The number of thiazole rings is 1. The summed E-state index contributed by atoms with van der Waals surface area (Å²) in [5.74, 6) is 0.391. The van der Waals surface area contributed by atoms with Crippen LogP contribution in [0.25, 0.3) is 0 Å². The van der Waals surface area contributed by atoms with Crippen LogP contribution in [0.4, 0.5) is 5.13 Å². The van der Waals surface area contributed by atoms with Crippen LogP contribution in [0.15, 0.2) is 10.4 Å². The summed E-state index contributed by atoms with van der Waals surface area (Å²) in [6.07, 6.45) is 1.46. The number of hydrogen-bond donors (Lipinski definition) is 0. The third-order valence-corrected chi connectivity index (χ3v) is 2.00. The summed E-state index contributed by atoms with van der Waals surface area (Å²) in [5.41, 5.74) is 0.976. The third-order valence-electron chi connectivity index (χ3n) is 1.24. The SMILES string of the molecule is CC(C)c1csc(N=C=O)n1. The molecule has 11 heavy (non-hydrogen) atoms. The monoisotopic (exact) mass is 168 g/mol. The Morgan fingerprint density at radius 1 is 1.73 bits per heavy atom. The van der Waals surface area contributed by atoms with Gasteiger partial charge in [0, 0.05) is 5.38 Å². The predicted molar refractivity (Wildman–Crippen MR) is 44.0 cm³/mol. The molecule has 4 heteroatoms. The zero-order valence-electron chi connectivity index (χ0n) is 6.37. The Morgan fingerprint density at radius 2 is 2.45 bits per heavy atom. The maximum atomic E-state index is 9.83. The van der Waals surface area contributed by atoms with Crippen LogP contribution in [0.5, 0.6) is 0 Å². The molecule has 58 valence electrons. The molecule has 0 bridgehead atoms. The molecule has 0 aliphatic heterocycles. The van der Waals surface area contributed by atoms with E-state index < -0.39 is 0 Å². The second-order valence-corrected chi connectivity index (χ2v) is 3.25. The summed E-state index contributed by atoms with van der Waals surface area (Å²) >= 11 is 1.36. The van der Waals surface area contributed by atoms with Crippen molar-refractivity contribution in [1.29, 1.82) is 0 Å². The Kier molecular flexibility index (Phi) is 2.52. The van der Waals surface area contributed by atoms with Crippen LogP contribution in [0.3, 0.4) is 0 Å². The molecular weight excluding hydrogens is 160 g/mol. The molecule has 1 aromatic heterocycles. The van der Waals surface area contributed by atoms with Gasteiger partial charge in [0.15, 0.2) is 0 Å². The van der Waals surface area contributed by atoms with Crippen molar-refractivity contribution in [2.24, 2.45) is 4.99 Å². The fraction of sp³-hybridized carbons (Fsp3) is 0.429. The van der Waals surface area contributed by atoms with Crippen LogP contribution in [-0.2, 0) is 4.79 Å². The molecule has 3 nitrogen and oxygen atoms in total. The quantitative estimate of drug-likeness (QED) is 0.502. The Balaban J connectivity index is 2.90. The first-order valence-electron chi connectivity index (χ1n) is 3.27. The molecule has 0 radical (unpaired) electrons. The minimum Gasteiger partial charge on any atom is -0.223 e. The molecule has 0 atom stereocenters. The summed E-state index contributed by atoms with van der Waals surface area (Å²) in [4.78, 5) is 17.3. The van der Waals surface area contributed by atoms with Crippen molar-refractivity contribution in [3.8, 4) is 0 Å². The Bertz CT molecular complexity index is 286. The molecule has 0 aliphatic rings. The van der Waals surface area contributed by atoms with E-state index >= 15 is 0 Å². The largest absolute Gasteiger partial charge is 0.242 e. The molecule has 0 spiro atoms. The summed E-state index contributed by atoms with van der Waals surface area (Å²) in [6, 6.07) is 0. The second kappa shape index (κ2) is 3.42. The van der Waals surface area contributed by atoms with Gasteiger partial charge in [-0.25, -0.2) is 9.78 Å². The zero-order valence-corrected chi connectivity index (χ0v) is 7.18. The van der Waals surface area contributed by atoms with Crippen molar-refractivity contribution in [3.63, 3.8) is 0 Å². The molecule has 0 aliphatic carbocycles. The molecule has 0 amide bonds. The fourth-order valence-corrected chi connectivity index (χ4v) is 1.43. The predicted octanol–water partition coefficient (Wildman–Crippen LogP) is 2.23. The van der Waals surface area contributed by atoms with E-state index in [-0.39, 0.29) is 0 Å². The molecule has 0 N–H and O–H groups in total. The number of isocyanates is 1. The van der Waals surface area contributed by atoms with E-state index in [0.717, 1.165) is 5.69 Å². The molecule has 0 saturated carbocycles. The fourth-order valence-electron chi connectivity index (χ4n) is 0.632. The van der Waals surface area contributed by atoms with Gasteiger partial charge in [0.25, 0.3) is 0 Å². The maximum Gasteiger partial charge on any atom is 0.242 e. The first-order chi connectivity index (χ1) is 5.24.